The first-order chi connectivity index (χ1) is 7.86. The minimum absolute atomic E-state index is 0.471. The van der Waals surface area contributed by atoms with Gasteiger partial charge in [-0.3, -0.25) is 4.79 Å². The predicted molar refractivity (Wildman–Crippen MR) is 56.5 cm³/mol. The molecule has 0 unspecified atom stereocenters. The highest BCUT2D eigenvalue weighted by molar-refractivity contribution is 5.73. The molecule has 1 fully saturated rings. The Labute approximate surface area is 92.2 Å². The second-order valence-corrected chi connectivity index (χ2v) is 3.89. The van der Waals surface area contributed by atoms with Crippen molar-refractivity contribution >= 4 is 6.29 Å². The summed E-state index contributed by atoms with van der Waals surface area (Å²) >= 11 is 0. The van der Waals surface area contributed by atoms with Gasteiger partial charge in [0.1, 0.15) is 0 Å². The molecule has 0 aliphatic heterocycles. The Morgan fingerprint density at radius 3 is 2.69 bits per heavy atom. The summed E-state index contributed by atoms with van der Waals surface area (Å²) in [6.45, 7) is 0. The van der Waals surface area contributed by atoms with Crippen molar-refractivity contribution in [2.75, 3.05) is 0 Å². The van der Waals surface area contributed by atoms with Crippen LogP contribution < -0.4 is 0 Å². The van der Waals surface area contributed by atoms with Crippen molar-refractivity contribution in [3.8, 4) is 5.95 Å². The van der Waals surface area contributed by atoms with Crippen LogP contribution in [0.15, 0.2) is 24.7 Å². The lowest BCUT2D eigenvalue weighted by molar-refractivity contribution is 0.112. The van der Waals surface area contributed by atoms with Crippen molar-refractivity contribution in [2.24, 2.45) is 0 Å². The van der Waals surface area contributed by atoms with Gasteiger partial charge in [-0.2, -0.15) is 5.10 Å². The lowest BCUT2D eigenvalue weighted by Gasteiger charge is -1.98. The van der Waals surface area contributed by atoms with Gasteiger partial charge in [0.25, 0.3) is 0 Å². The third kappa shape index (κ3) is 1.60. The zero-order chi connectivity index (χ0) is 11.0. The normalized spacial score (nSPS) is 15.0. The third-order valence-electron chi connectivity index (χ3n) is 2.60. The molecule has 0 radical (unpaired) electrons. The van der Waals surface area contributed by atoms with Crippen LogP contribution in [0.25, 0.3) is 5.95 Å². The standard InChI is InChI=1S/C11H10N4O/c16-7-8-5-12-11(13-6-8)15-4-3-10(14-15)9-1-2-9/h3-7,9H,1-2H2. The average Bonchev–Trinajstić information content (AvgIpc) is 3.08. The first-order valence-corrected chi connectivity index (χ1v) is 5.20. The molecule has 0 aromatic carbocycles. The summed E-state index contributed by atoms with van der Waals surface area (Å²) in [5.74, 6) is 1.12. The summed E-state index contributed by atoms with van der Waals surface area (Å²) in [7, 11) is 0. The van der Waals surface area contributed by atoms with Gasteiger partial charge in [0.2, 0.25) is 5.95 Å². The minimum atomic E-state index is 0.471. The van der Waals surface area contributed by atoms with Crippen LogP contribution >= 0.6 is 0 Å². The Bertz CT molecular complexity index is 513. The molecule has 3 rings (SSSR count). The molecular weight excluding hydrogens is 204 g/mol. The summed E-state index contributed by atoms with van der Waals surface area (Å²) in [6.07, 6.45) is 8.01. The lowest BCUT2D eigenvalue weighted by Crippen LogP contribution is -2.02. The Morgan fingerprint density at radius 1 is 1.31 bits per heavy atom. The second kappa shape index (κ2) is 3.52. The van der Waals surface area contributed by atoms with Gasteiger partial charge in [-0.15, -0.1) is 0 Å². The molecule has 5 heteroatoms. The van der Waals surface area contributed by atoms with E-state index in [0.29, 0.717) is 17.4 Å². The number of carbonyl (C=O) groups is 1. The molecule has 0 N–H and O–H groups in total. The van der Waals surface area contributed by atoms with Crippen molar-refractivity contribution in [2.45, 2.75) is 18.8 Å². The van der Waals surface area contributed by atoms with Crippen LogP contribution in [-0.4, -0.2) is 26.0 Å². The summed E-state index contributed by atoms with van der Waals surface area (Å²) in [6, 6.07) is 1.99. The molecule has 2 heterocycles. The van der Waals surface area contributed by atoms with Gasteiger partial charge in [-0.05, 0) is 18.9 Å². The van der Waals surface area contributed by atoms with Crippen molar-refractivity contribution in [3.63, 3.8) is 0 Å². The van der Waals surface area contributed by atoms with Crippen LogP contribution in [0.3, 0.4) is 0 Å². The largest absolute Gasteiger partial charge is 0.298 e. The van der Waals surface area contributed by atoms with Crippen LogP contribution in [0.4, 0.5) is 0 Å². The highest BCUT2D eigenvalue weighted by atomic mass is 16.1. The fourth-order valence-electron chi connectivity index (χ4n) is 1.56. The molecule has 5 nitrogen and oxygen atoms in total. The van der Waals surface area contributed by atoms with E-state index < -0.39 is 0 Å². The molecule has 80 valence electrons. The Balaban J connectivity index is 1.91. The smallest absolute Gasteiger partial charge is 0.250 e. The average molecular weight is 214 g/mol. The zero-order valence-electron chi connectivity index (χ0n) is 8.58. The molecule has 0 amide bonds. The quantitative estimate of drug-likeness (QED) is 0.723. The maximum atomic E-state index is 10.5. The summed E-state index contributed by atoms with van der Waals surface area (Å²) in [5.41, 5.74) is 1.57. The molecule has 1 aliphatic carbocycles. The first kappa shape index (κ1) is 9.21. The van der Waals surface area contributed by atoms with Crippen molar-refractivity contribution in [1.82, 2.24) is 19.7 Å². The van der Waals surface area contributed by atoms with Gasteiger partial charge >= 0.3 is 0 Å². The van der Waals surface area contributed by atoms with E-state index >= 15 is 0 Å². The van der Waals surface area contributed by atoms with Gasteiger partial charge < -0.3 is 0 Å². The molecule has 0 saturated heterocycles. The Kier molecular flexibility index (Phi) is 2.02. The van der Waals surface area contributed by atoms with E-state index in [2.05, 4.69) is 15.1 Å². The first-order valence-electron chi connectivity index (χ1n) is 5.20. The summed E-state index contributed by atoms with van der Waals surface area (Å²) in [5, 5.41) is 4.40. The molecule has 0 atom stereocenters. The lowest BCUT2D eigenvalue weighted by atomic mass is 10.3. The predicted octanol–water partition coefficient (Wildman–Crippen LogP) is 1.35. The molecule has 0 bridgehead atoms. The molecule has 1 saturated carbocycles. The zero-order valence-corrected chi connectivity index (χ0v) is 8.58. The van der Waals surface area contributed by atoms with E-state index in [9.17, 15) is 4.79 Å². The third-order valence-corrected chi connectivity index (χ3v) is 2.60. The Hall–Kier alpha value is -2.04. The van der Waals surface area contributed by atoms with Crippen molar-refractivity contribution in [1.29, 1.82) is 0 Å². The van der Waals surface area contributed by atoms with E-state index in [0.717, 1.165) is 12.0 Å². The summed E-state index contributed by atoms with van der Waals surface area (Å²) in [4.78, 5) is 18.6. The van der Waals surface area contributed by atoms with Gasteiger partial charge in [-0.25, -0.2) is 14.6 Å². The van der Waals surface area contributed by atoms with Crippen molar-refractivity contribution < 1.29 is 4.79 Å². The maximum absolute atomic E-state index is 10.5. The van der Waals surface area contributed by atoms with E-state index in [1.165, 1.54) is 25.2 Å². The fourth-order valence-corrected chi connectivity index (χ4v) is 1.56. The van der Waals surface area contributed by atoms with Crippen LogP contribution in [0.1, 0.15) is 34.8 Å². The highest BCUT2D eigenvalue weighted by Crippen LogP contribution is 2.38. The fraction of sp³-hybridized carbons (Fsp3) is 0.273. The van der Waals surface area contributed by atoms with Gasteiger partial charge in [0.05, 0.1) is 11.3 Å². The highest BCUT2D eigenvalue weighted by Gasteiger charge is 2.26. The van der Waals surface area contributed by atoms with E-state index in [-0.39, 0.29) is 0 Å². The number of carbonyl (C=O) groups excluding carboxylic acids is 1. The second-order valence-electron chi connectivity index (χ2n) is 3.89. The number of nitrogens with zero attached hydrogens (tertiary/aromatic N) is 4. The van der Waals surface area contributed by atoms with Gasteiger partial charge in [0, 0.05) is 24.5 Å². The van der Waals surface area contributed by atoms with Gasteiger partial charge in [-0.1, -0.05) is 0 Å². The van der Waals surface area contributed by atoms with Crippen LogP contribution in [0.5, 0.6) is 0 Å². The maximum Gasteiger partial charge on any atom is 0.250 e. The number of aldehydes is 1. The van der Waals surface area contributed by atoms with E-state index in [1.54, 1.807) is 4.68 Å². The topological polar surface area (TPSA) is 60.7 Å². The SMILES string of the molecule is O=Cc1cnc(-n2ccc(C3CC3)n2)nc1. The van der Waals surface area contributed by atoms with E-state index in [1.807, 2.05) is 12.3 Å². The number of rotatable bonds is 3. The van der Waals surface area contributed by atoms with Crippen LogP contribution in [0.2, 0.25) is 0 Å². The van der Waals surface area contributed by atoms with Crippen molar-refractivity contribution in [3.05, 3.63) is 35.9 Å². The van der Waals surface area contributed by atoms with E-state index in [4.69, 9.17) is 0 Å². The van der Waals surface area contributed by atoms with Gasteiger partial charge in [0.15, 0.2) is 6.29 Å². The molecule has 16 heavy (non-hydrogen) atoms. The molecule has 2 aromatic rings. The molecular formula is C11H10N4O. The Morgan fingerprint density at radius 2 is 2.06 bits per heavy atom. The number of hydrogen-bond donors (Lipinski definition) is 0. The molecule has 1 aliphatic rings. The van der Waals surface area contributed by atoms with Crippen LogP contribution in [-0.2, 0) is 0 Å². The summed E-state index contributed by atoms with van der Waals surface area (Å²) < 4.78 is 1.64. The minimum Gasteiger partial charge on any atom is -0.298 e. The number of hydrogen-bond acceptors (Lipinski definition) is 4. The van der Waals surface area contributed by atoms with Crippen LogP contribution in [0, 0.1) is 0 Å². The molecule has 0 spiro atoms. The number of aromatic nitrogens is 4. The molecule has 2 aromatic heterocycles. The monoisotopic (exact) mass is 214 g/mol.